The van der Waals surface area contributed by atoms with Gasteiger partial charge in [0.2, 0.25) is 5.69 Å². The highest BCUT2D eigenvalue weighted by atomic mass is 32.1. The number of aromatic nitrogens is 2. The van der Waals surface area contributed by atoms with Crippen molar-refractivity contribution in [2.24, 2.45) is 7.05 Å². The lowest BCUT2D eigenvalue weighted by Gasteiger charge is -2.15. The summed E-state index contributed by atoms with van der Waals surface area (Å²) in [6.45, 7) is 4.22. The molecule has 0 radical (unpaired) electrons. The molecule has 0 spiro atoms. The lowest BCUT2D eigenvalue weighted by molar-refractivity contribution is -0.660. The summed E-state index contributed by atoms with van der Waals surface area (Å²) >= 11 is 1.86. The van der Waals surface area contributed by atoms with Crippen LogP contribution in [0.3, 0.4) is 0 Å². The van der Waals surface area contributed by atoms with Gasteiger partial charge in [-0.05, 0) is 54.8 Å². The maximum absolute atomic E-state index is 5.07. The van der Waals surface area contributed by atoms with Gasteiger partial charge in [-0.2, -0.15) is 0 Å². The summed E-state index contributed by atoms with van der Waals surface area (Å²) < 4.78 is 4.79. The van der Waals surface area contributed by atoms with Crippen LogP contribution in [-0.2, 0) is 7.05 Å². The molecule has 0 saturated carbocycles. The fourth-order valence-corrected chi connectivity index (χ4v) is 6.04. The van der Waals surface area contributed by atoms with Crippen molar-refractivity contribution in [2.45, 2.75) is 13.8 Å². The molecule has 0 aliphatic carbocycles. The SMILES string of the molecule is Cc1ccc(-c2c(-c3ccccc3-c3cccc[n+]3C)ccc3c2sc2ccccc23)nc1C. The molecule has 3 aromatic heterocycles. The van der Waals surface area contributed by atoms with Crippen molar-refractivity contribution in [3.63, 3.8) is 0 Å². The van der Waals surface area contributed by atoms with E-state index in [0.29, 0.717) is 0 Å². The maximum atomic E-state index is 5.07. The van der Waals surface area contributed by atoms with Gasteiger partial charge in [-0.1, -0.05) is 54.6 Å². The van der Waals surface area contributed by atoms with E-state index in [9.17, 15) is 0 Å². The van der Waals surface area contributed by atoms with E-state index in [4.69, 9.17) is 4.98 Å². The summed E-state index contributed by atoms with van der Waals surface area (Å²) in [7, 11) is 2.10. The van der Waals surface area contributed by atoms with Crippen LogP contribution in [0.5, 0.6) is 0 Å². The minimum absolute atomic E-state index is 1.03. The molecule has 0 saturated heterocycles. The Kier molecular flexibility index (Phi) is 5.00. The summed E-state index contributed by atoms with van der Waals surface area (Å²) in [5, 5.41) is 2.60. The largest absolute Gasteiger partial charge is 0.253 e. The van der Waals surface area contributed by atoms with E-state index in [1.165, 1.54) is 53.7 Å². The highest BCUT2D eigenvalue weighted by Crippen LogP contribution is 2.46. The Labute approximate surface area is 203 Å². The van der Waals surface area contributed by atoms with Gasteiger partial charge in [-0.15, -0.1) is 11.3 Å². The van der Waals surface area contributed by atoms with Crippen LogP contribution in [0.2, 0.25) is 0 Å². The molecule has 34 heavy (non-hydrogen) atoms. The molecular formula is C31H25N2S+. The van der Waals surface area contributed by atoms with Gasteiger partial charge in [-0.25, -0.2) is 4.57 Å². The van der Waals surface area contributed by atoms with Crippen LogP contribution in [0.25, 0.3) is 53.8 Å². The number of hydrogen-bond donors (Lipinski definition) is 0. The van der Waals surface area contributed by atoms with Crippen LogP contribution in [0.15, 0.2) is 97.2 Å². The van der Waals surface area contributed by atoms with Gasteiger partial charge in [0.1, 0.15) is 7.05 Å². The topological polar surface area (TPSA) is 16.8 Å². The van der Waals surface area contributed by atoms with Crippen molar-refractivity contribution >= 4 is 31.5 Å². The predicted molar refractivity (Wildman–Crippen MR) is 144 cm³/mol. The quantitative estimate of drug-likeness (QED) is 0.247. The molecule has 2 nitrogen and oxygen atoms in total. The molecule has 6 rings (SSSR count). The minimum atomic E-state index is 1.03. The first kappa shape index (κ1) is 20.8. The highest BCUT2D eigenvalue weighted by molar-refractivity contribution is 7.26. The number of nitrogens with zero attached hydrogens (tertiary/aromatic N) is 2. The number of thiophene rings is 1. The molecule has 3 aromatic carbocycles. The molecule has 3 heterocycles. The summed E-state index contributed by atoms with van der Waals surface area (Å²) in [5.41, 5.74) is 9.38. The lowest BCUT2D eigenvalue weighted by Crippen LogP contribution is -2.30. The zero-order valence-corrected chi connectivity index (χ0v) is 20.4. The van der Waals surface area contributed by atoms with E-state index in [2.05, 4.69) is 123 Å². The third kappa shape index (κ3) is 3.32. The van der Waals surface area contributed by atoms with E-state index in [1.54, 1.807) is 0 Å². The van der Waals surface area contributed by atoms with Gasteiger partial charge >= 0.3 is 0 Å². The smallest absolute Gasteiger partial charge is 0.212 e. The van der Waals surface area contributed by atoms with Gasteiger partial charge < -0.3 is 0 Å². The van der Waals surface area contributed by atoms with Gasteiger partial charge in [0.05, 0.1) is 11.3 Å². The number of benzene rings is 3. The average molecular weight is 458 g/mol. The number of hydrogen-bond acceptors (Lipinski definition) is 2. The molecular weight excluding hydrogens is 432 g/mol. The van der Waals surface area contributed by atoms with Crippen LogP contribution >= 0.6 is 11.3 Å². The molecule has 0 aliphatic rings. The van der Waals surface area contributed by atoms with Crippen molar-refractivity contribution in [1.29, 1.82) is 0 Å². The molecule has 3 heteroatoms. The molecule has 0 bridgehead atoms. The van der Waals surface area contributed by atoms with E-state index >= 15 is 0 Å². The van der Waals surface area contributed by atoms with Gasteiger partial charge in [0, 0.05) is 43.6 Å². The molecule has 0 amide bonds. The lowest BCUT2D eigenvalue weighted by atomic mass is 9.90. The van der Waals surface area contributed by atoms with Crippen LogP contribution < -0.4 is 4.57 Å². The van der Waals surface area contributed by atoms with Crippen molar-refractivity contribution in [1.82, 2.24) is 4.98 Å². The van der Waals surface area contributed by atoms with Gasteiger partial charge in [0.25, 0.3) is 0 Å². The summed E-state index contributed by atoms with van der Waals surface area (Å²) in [4.78, 5) is 5.07. The van der Waals surface area contributed by atoms with E-state index in [1.807, 2.05) is 11.3 Å². The standard InChI is InChI=1S/C31H25N2S/c1-20-15-18-27(32-21(20)2)30-25(16-17-26-24-12-6-7-14-29(24)34-31(26)30)22-10-4-5-11-23(22)28-13-8-9-19-33(28)3/h4-19H,1-3H3/q+1. The van der Waals surface area contributed by atoms with Crippen LogP contribution in [0.4, 0.5) is 0 Å². The number of fused-ring (bicyclic) bond motifs is 3. The van der Waals surface area contributed by atoms with Crippen LogP contribution in [0, 0.1) is 13.8 Å². The Bertz CT molecular complexity index is 1690. The second-order valence-corrected chi connectivity index (χ2v) is 9.86. The first-order chi connectivity index (χ1) is 16.6. The van der Waals surface area contributed by atoms with Crippen molar-refractivity contribution in [3.8, 4) is 33.6 Å². The Morgan fingerprint density at radius 1 is 0.676 bits per heavy atom. The van der Waals surface area contributed by atoms with E-state index < -0.39 is 0 Å². The third-order valence-electron chi connectivity index (χ3n) is 6.70. The highest BCUT2D eigenvalue weighted by Gasteiger charge is 2.21. The first-order valence-electron chi connectivity index (χ1n) is 11.5. The van der Waals surface area contributed by atoms with Gasteiger partial charge in [-0.3, -0.25) is 4.98 Å². The van der Waals surface area contributed by atoms with Gasteiger partial charge in [0.15, 0.2) is 6.20 Å². The van der Waals surface area contributed by atoms with Crippen LogP contribution in [-0.4, -0.2) is 4.98 Å². The van der Waals surface area contributed by atoms with Crippen LogP contribution in [0.1, 0.15) is 11.3 Å². The predicted octanol–water partition coefficient (Wildman–Crippen LogP) is 7.89. The fourth-order valence-electron chi connectivity index (χ4n) is 4.78. The maximum Gasteiger partial charge on any atom is 0.212 e. The zero-order valence-electron chi connectivity index (χ0n) is 19.5. The summed E-state index contributed by atoms with van der Waals surface area (Å²) in [5.74, 6) is 0. The minimum Gasteiger partial charge on any atom is -0.253 e. The van der Waals surface area contributed by atoms with E-state index in [-0.39, 0.29) is 0 Å². The Balaban J connectivity index is 1.73. The third-order valence-corrected chi connectivity index (χ3v) is 7.91. The zero-order chi connectivity index (χ0) is 23.2. The molecule has 0 N–H and O–H groups in total. The summed E-state index contributed by atoms with van der Waals surface area (Å²) in [6, 6.07) is 32.7. The van der Waals surface area contributed by atoms with E-state index in [0.717, 1.165) is 11.4 Å². The molecule has 6 aromatic rings. The molecule has 0 aliphatic heterocycles. The number of rotatable bonds is 3. The van der Waals surface area contributed by atoms with Crippen molar-refractivity contribution < 1.29 is 4.57 Å². The normalized spacial score (nSPS) is 11.4. The summed E-state index contributed by atoms with van der Waals surface area (Å²) in [6.07, 6.45) is 2.10. The fraction of sp³-hybridized carbons (Fsp3) is 0.0968. The number of pyridine rings is 2. The molecule has 164 valence electrons. The molecule has 0 unspecified atom stereocenters. The van der Waals surface area contributed by atoms with Crippen molar-refractivity contribution in [3.05, 3.63) is 108 Å². The molecule has 0 fully saturated rings. The average Bonchev–Trinajstić information content (AvgIpc) is 3.24. The Morgan fingerprint density at radius 2 is 1.44 bits per heavy atom. The Morgan fingerprint density at radius 3 is 2.26 bits per heavy atom. The number of aryl methyl sites for hydroxylation is 3. The monoisotopic (exact) mass is 457 g/mol. The Hall–Kier alpha value is -3.82. The second-order valence-electron chi connectivity index (χ2n) is 8.80. The molecule has 0 atom stereocenters. The second kappa shape index (κ2) is 8.19. The van der Waals surface area contributed by atoms with Crippen molar-refractivity contribution in [2.75, 3.05) is 0 Å². The first-order valence-corrected chi connectivity index (χ1v) is 12.4.